The van der Waals surface area contributed by atoms with E-state index in [-0.39, 0.29) is 17.4 Å². The number of amides is 1. The van der Waals surface area contributed by atoms with Crippen LogP contribution in [0.4, 0.5) is 0 Å². The van der Waals surface area contributed by atoms with E-state index in [1.54, 1.807) is 11.0 Å². The van der Waals surface area contributed by atoms with Gasteiger partial charge in [-0.3, -0.25) is 9.59 Å². The molecule has 0 aromatic heterocycles. The van der Waals surface area contributed by atoms with Gasteiger partial charge in [-0.05, 0) is 68.5 Å². The van der Waals surface area contributed by atoms with E-state index in [9.17, 15) is 14.7 Å². The third-order valence-corrected chi connectivity index (χ3v) is 6.81. The van der Waals surface area contributed by atoms with Crippen LogP contribution in [0.2, 0.25) is 0 Å². The zero-order valence-electron chi connectivity index (χ0n) is 20.4. The molecule has 180 valence electrons. The van der Waals surface area contributed by atoms with Gasteiger partial charge in [-0.25, -0.2) is 0 Å². The summed E-state index contributed by atoms with van der Waals surface area (Å²) in [6.45, 7) is 6.23. The van der Waals surface area contributed by atoms with Gasteiger partial charge < -0.3 is 19.5 Å². The highest BCUT2D eigenvalue weighted by atomic mass is 16.5. The number of carbonyl (C=O) groups is 2. The quantitative estimate of drug-likeness (QED) is 0.349. The van der Waals surface area contributed by atoms with Gasteiger partial charge in [-0.1, -0.05) is 37.5 Å². The maximum atomic E-state index is 13.5. The Morgan fingerprint density at radius 2 is 1.82 bits per heavy atom. The Kier molecular flexibility index (Phi) is 6.96. The van der Waals surface area contributed by atoms with E-state index in [2.05, 4.69) is 0 Å². The van der Waals surface area contributed by atoms with Crippen LogP contribution in [0.15, 0.2) is 42.0 Å². The summed E-state index contributed by atoms with van der Waals surface area (Å²) in [5.41, 5.74) is 3.05. The Morgan fingerprint density at radius 3 is 2.50 bits per heavy atom. The highest BCUT2D eigenvalue weighted by molar-refractivity contribution is 6.46. The maximum Gasteiger partial charge on any atom is 0.295 e. The molecular formula is C28H33NO5. The lowest BCUT2D eigenvalue weighted by atomic mass is 9.90. The molecule has 1 aliphatic heterocycles. The number of rotatable bonds is 6. The second-order valence-electron chi connectivity index (χ2n) is 9.17. The van der Waals surface area contributed by atoms with Crippen LogP contribution in [0.3, 0.4) is 0 Å². The van der Waals surface area contributed by atoms with E-state index in [0.717, 1.165) is 48.8 Å². The van der Waals surface area contributed by atoms with Gasteiger partial charge in [0.25, 0.3) is 11.7 Å². The molecular weight excluding hydrogens is 430 g/mol. The van der Waals surface area contributed by atoms with Gasteiger partial charge in [-0.15, -0.1) is 0 Å². The van der Waals surface area contributed by atoms with Crippen molar-refractivity contribution in [3.63, 3.8) is 0 Å². The largest absolute Gasteiger partial charge is 0.507 e. The fourth-order valence-electron chi connectivity index (χ4n) is 5.40. The third kappa shape index (κ3) is 4.29. The number of hydrogen-bond acceptors (Lipinski definition) is 5. The van der Waals surface area contributed by atoms with Crippen molar-refractivity contribution in [2.45, 2.75) is 65.0 Å². The van der Waals surface area contributed by atoms with Crippen molar-refractivity contribution in [1.29, 1.82) is 0 Å². The number of nitrogens with zero attached hydrogens (tertiary/aromatic N) is 1. The van der Waals surface area contributed by atoms with Crippen molar-refractivity contribution in [2.24, 2.45) is 0 Å². The Bertz CT molecular complexity index is 1130. The summed E-state index contributed by atoms with van der Waals surface area (Å²) in [6.07, 6.45) is 4.86. The van der Waals surface area contributed by atoms with E-state index in [4.69, 9.17) is 9.47 Å². The number of aliphatic hydroxyl groups is 1. The van der Waals surface area contributed by atoms with Crippen molar-refractivity contribution in [1.82, 2.24) is 4.90 Å². The maximum absolute atomic E-state index is 13.5. The van der Waals surface area contributed by atoms with Gasteiger partial charge in [-0.2, -0.15) is 0 Å². The predicted octanol–water partition coefficient (Wildman–Crippen LogP) is 5.47. The summed E-state index contributed by atoms with van der Waals surface area (Å²) in [5.74, 6) is -0.251. The van der Waals surface area contributed by atoms with Crippen molar-refractivity contribution >= 4 is 17.4 Å². The summed E-state index contributed by atoms with van der Waals surface area (Å²) in [7, 11) is 1.54. The smallest absolute Gasteiger partial charge is 0.295 e. The van der Waals surface area contributed by atoms with Crippen LogP contribution in [-0.4, -0.2) is 41.5 Å². The molecule has 1 unspecified atom stereocenters. The van der Waals surface area contributed by atoms with Gasteiger partial charge in [0.05, 0.1) is 30.9 Å². The van der Waals surface area contributed by atoms with Crippen LogP contribution < -0.4 is 9.47 Å². The van der Waals surface area contributed by atoms with E-state index in [0.29, 0.717) is 23.7 Å². The zero-order chi connectivity index (χ0) is 24.4. The molecule has 1 atom stereocenters. The number of hydrogen-bond donors (Lipinski definition) is 1. The first-order valence-corrected chi connectivity index (χ1v) is 12.1. The van der Waals surface area contributed by atoms with Crippen molar-refractivity contribution in [2.75, 3.05) is 13.7 Å². The summed E-state index contributed by atoms with van der Waals surface area (Å²) in [5, 5.41) is 11.6. The molecule has 6 nitrogen and oxygen atoms in total. The average molecular weight is 464 g/mol. The number of aliphatic hydroxyl groups excluding tert-OH is 1. The Morgan fingerprint density at radius 1 is 1.09 bits per heavy atom. The molecule has 1 amide bonds. The molecule has 0 radical (unpaired) electrons. The normalized spacial score (nSPS) is 20.6. The second kappa shape index (κ2) is 9.92. The number of ketones is 1. The van der Waals surface area contributed by atoms with Crippen LogP contribution in [0.1, 0.15) is 67.3 Å². The van der Waals surface area contributed by atoms with E-state index < -0.39 is 17.7 Å². The Labute approximate surface area is 201 Å². The van der Waals surface area contributed by atoms with Crippen molar-refractivity contribution in [3.05, 3.63) is 64.2 Å². The molecule has 1 N–H and O–H groups in total. The first-order chi connectivity index (χ1) is 16.4. The molecule has 2 fully saturated rings. The molecule has 2 aromatic carbocycles. The topological polar surface area (TPSA) is 76.1 Å². The molecule has 1 saturated carbocycles. The fraction of sp³-hybridized carbons (Fsp3) is 0.429. The highest BCUT2D eigenvalue weighted by Gasteiger charge is 2.49. The molecule has 2 aromatic rings. The average Bonchev–Trinajstić information content (AvgIpc) is 3.09. The van der Waals surface area contributed by atoms with Crippen molar-refractivity contribution < 1.29 is 24.2 Å². The van der Waals surface area contributed by atoms with Crippen LogP contribution in [-0.2, 0) is 9.59 Å². The lowest BCUT2D eigenvalue weighted by molar-refractivity contribution is -0.141. The zero-order valence-corrected chi connectivity index (χ0v) is 20.4. The molecule has 1 aliphatic carbocycles. The molecule has 4 rings (SSSR count). The number of benzene rings is 2. The van der Waals surface area contributed by atoms with E-state index >= 15 is 0 Å². The number of aryl methyl sites for hydroxylation is 2. The minimum Gasteiger partial charge on any atom is -0.507 e. The van der Waals surface area contributed by atoms with Gasteiger partial charge in [0.15, 0.2) is 0 Å². The summed E-state index contributed by atoms with van der Waals surface area (Å²) in [4.78, 5) is 28.6. The van der Waals surface area contributed by atoms with Gasteiger partial charge in [0, 0.05) is 6.04 Å². The molecule has 0 spiro atoms. The number of ether oxygens (including phenoxy) is 2. The first-order valence-electron chi connectivity index (χ1n) is 12.1. The van der Waals surface area contributed by atoms with Gasteiger partial charge in [0.1, 0.15) is 17.3 Å². The summed E-state index contributed by atoms with van der Waals surface area (Å²) >= 11 is 0. The lowest BCUT2D eigenvalue weighted by Crippen LogP contribution is -2.40. The molecule has 0 bridgehead atoms. The summed E-state index contributed by atoms with van der Waals surface area (Å²) < 4.78 is 11.3. The van der Waals surface area contributed by atoms with Gasteiger partial charge >= 0.3 is 0 Å². The predicted molar refractivity (Wildman–Crippen MR) is 131 cm³/mol. The fourth-order valence-corrected chi connectivity index (χ4v) is 5.40. The lowest BCUT2D eigenvalue weighted by Gasteiger charge is -2.35. The molecule has 34 heavy (non-hydrogen) atoms. The Balaban J connectivity index is 1.94. The van der Waals surface area contributed by atoms with Crippen molar-refractivity contribution in [3.8, 4) is 11.5 Å². The molecule has 1 heterocycles. The molecule has 6 heteroatoms. The Hall–Kier alpha value is -3.28. The van der Waals surface area contributed by atoms with Crippen LogP contribution in [0.5, 0.6) is 11.5 Å². The molecule has 1 saturated heterocycles. The standard InChI is InChI=1S/C28H33NO5/c1-5-34-21-13-9-10-19(16-21)24-23(25(30)22-15-17(2)14-18(3)27(22)33-4)26(31)28(32)29(24)20-11-7-6-8-12-20/h9-10,13-16,20,24,30H,5-8,11-12H2,1-4H3/b25-23+. The minimum atomic E-state index is -0.686. The molecule has 2 aliphatic rings. The number of Topliss-reactive ketones (excluding diaryl/α,β-unsaturated/α-hetero) is 1. The third-order valence-electron chi connectivity index (χ3n) is 6.81. The number of carbonyl (C=O) groups excluding carboxylic acids is 2. The summed E-state index contributed by atoms with van der Waals surface area (Å²) in [6, 6.07) is 10.5. The van der Waals surface area contributed by atoms with E-state index in [1.165, 1.54) is 7.11 Å². The van der Waals surface area contributed by atoms with Gasteiger partial charge in [0.2, 0.25) is 0 Å². The van der Waals surface area contributed by atoms with Crippen LogP contribution in [0.25, 0.3) is 5.76 Å². The minimum absolute atomic E-state index is 0.0441. The SMILES string of the molecule is CCOc1cccc(C2/C(=C(\O)c3cc(C)cc(C)c3OC)C(=O)C(=O)N2C2CCCCC2)c1. The van der Waals surface area contributed by atoms with Crippen LogP contribution in [0, 0.1) is 13.8 Å². The monoisotopic (exact) mass is 463 g/mol. The van der Waals surface area contributed by atoms with E-state index in [1.807, 2.05) is 51.1 Å². The highest BCUT2D eigenvalue weighted by Crippen LogP contribution is 2.45. The first kappa shape index (κ1) is 23.9. The number of likely N-dealkylation sites (tertiary alicyclic amines) is 1. The van der Waals surface area contributed by atoms with Crippen LogP contribution >= 0.6 is 0 Å². The number of methoxy groups -OCH3 is 1. The second-order valence-corrected chi connectivity index (χ2v) is 9.17.